The molecule has 5 heteroatoms. The molecule has 0 bridgehead atoms. The number of hydrogen-bond acceptors (Lipinski definition) is 4. The number of anilines is 1. The summed E-state index contributed by atoms with van der Waals surface area (Å²) in [6, 6.07) is 3.66. The molecule has 2 unspecified atom stereocenters. The highest BCUT2D eigenvalue weighted by Crippen LogP contribution is 2.20. The van der Waals surface area contributed by atoms with E-state index in [9.17, 15) is 4.79 Å². The van der Waals surface area contributed by atoms with Gasteiger partial charge in [0.15, 0.2) is 17.7 Å². The van der Waals surface area contributed by atoms with Gasteiger partial charge in [-0.1, -0.05) is 6.92 Å². The van der Waals surface area contributed by atoms with Gasteiger partial charge in [0.05, 0.1) is 0 Å². The Labute approximate surface area is 108 Å². The molecule has 3 N–H and O–H groups in total. The second kappa shape index (κ2) is 6.23. The molecule has 1 amide bonds. The molecule has 100 valence electrons. The molecule has 0 spiro atoms. The summed E-state index contributed by atoms with van der Waals surface area (Å²) in [5.74, 6) is 0.593. The number of nitrogens with zero attached hydrogens (tertiary/aromatic N) is 1. The maximum Gasteiger partial charge on any atom is 0.260 e. The van der Waals surface area contributed by atoms with Gasteiger partial charge in [0.2, 0.25) is 0 Å². The standard InChI is InChI=1S/C13H21N3O2/c1-5-8(2)16-13(17)10(4)18-11-7-6-9(3)15-12(11)14/h6-8,10H,5H2,1-4H3,(H2,14,15)(H,16,17). The number of nitrogen functional groups attached to an aromatic ring is 1. The van der Waals surface area contributed by atoms with Crippen molar-refractivity contribution in [3.8, 4) is 5.75 Å². The lowest BCUT2D eigenvalue weighted by molar-refractivity contribution is -0.127. The second-order valence-electron chi connectivity index (χ2n) is 4.41. The van der Waals surface area contributed by atoms with Gasteiger partial charge in [0.1, 0.15) is 0 Å². The summed E-state index contributed by atoms with van der Waals surface area (Å²) in [7, 11) is 0. The van der Waals surface area contributed by atoms with E-state index in [1.54, 1.807) is 19.1 Å². The van der Waals surface area contributed by atoms with Crippen LogP contribution >= 0.6 is 0 Å². The molecule has 1 aromatic rings. The van der Waals surface area contributed by atoms with Crippen LogP contribution in [0.1, 0.15) is 32.9 Å². The van der Waals surface area contributed by atoms with E-state index in [1.807, 2.05) is 20.8 Å². The minimum absolute atomic E-state index is 0.136. The topological polar surface area (TPSA) is 77.2 Å². The number of carbonyl (C=O) groups excluding carboxylic acids is 1. The number of nitrogens with one attached hydrogen (secondary N) is 1. The zero-order valence-electron chi connectivity index (χ0n) is 11.4. The van der Waals surface area contributed by atoms with Gasteiger partial charge >= 0.3 is 0 Å². The maximum absolute atomic E-state index is 11.8. The third-order valence-electron chi connectivity index (χ3n) is 2.70. The SMILES string of the molecule is CCC(C)NC(=O)C(C)Oc1ccc(C)nc1N. The van der Waals surface area contributed by atoms with Crippen molar-refractivity contribution in [1.29, 1.82) is 0 Å². The number of hydrogen-bond donors (Lipinski definition) is 2. The first-order chi connectivity index (χ1) is 8.43. The zero-order chi connectivity index (χ0) is 13.7. The molecule has 0 saturated heterocycles. The number of ether oxygens (including phenoxy) is 1. The van der Waals surface area contributed by atoms with Gasteiger partial charge in [-0.25, -0.2) is 4.98 Å². The minimum Gasteiger partial charge on any atom is -0.477 e. The van der Waals surface area contributed by atoms with Crippen molar-refractivity contribution in [2.24, 2.45) is 0 Å². The largest absolute Gasteiger partial charge is 0.477 e. The van der Waals surface area contributed by atoms with Crippen molar-refractivity contribution < 1.29 is 9.53 Å². The fourth-order valence-corrected chi connectivity index (χ4v) is 1.37. The number of aryl methyl sites for hydroxylation is 1. The zero-order valence-corrected chi connectivity index (χ0v) is 11.4. The molecule has 0 saturated carbocycles. The molecule has 0 aromatic carbocycles. The highest BCUT2D eigenvalue weighted by atomic mass is 16.5. The predicted molar refractivity (Wildman–Crippen MR) is 71.4 cm³/mol. The molecule has 1 rings (SSSR count). The first kappa shape index (κ1) is 14.3. The van der Waals surface area contributed by atoms with Crippen molar-refractivity contribution in [3.63, 3.8) is 0 Å². The van der Waals surface area contributed by atoms with Gasteiger partial charge in [-0.3, -0.25) is 4.79 Å². The van der Waals surface area contributed by atoms with Crippen molar-refractivity contribution in [2.75, 3.05) is 5.73 Å². The van der Waals surface area contributed by atoms with Crippen molar-refractivity contribution in [1.82, 2.24) is 10.3 Å². The molecule has 2 atom stereocenters. The van der Waals surface area contributed by atoms with Gasteiger partial charge in [-0.15, -0.1) is 0 Å². The maximum atomic E-state index is 11.8. The summed E-state index contributed by atoms with van der Waals surface area (Å²) in [6.45, 7) is 7.50. The Hall–Kier alpha value is -1.78. The molecular formula is C13H21N3O2. The van der Waals surface area contributed by atoms with Gasteiger partial charge in [-0.05, 0) is 39.3 Å². The summed E-state index contributed by atoms with van der Waals surface area (Å²) in [6.07, 6.45) is 0.290. The van der Waals surface area contributed by atoms with E-state index in [0.29, 0.717) is 11.6 Å². The van der Waals surface area contributed by atoms with E-state index < -0.39 is 6.10 Å². The Morgan fingerprint density at radius 1 is 1.50 bits per heavy atom. The molecule has 0 radical (unpaired) electrons. The van der Waals surface area contributed by atoms with E-state index in [0.717, 1.165) is 12.1 Å². The van der Waals surface area contributed by atoms with E-state index in [2.05, 4.69) is 10.3 Å². The minimum atomic E-state index is -0.592. The van der Waals surface area contributed by atoms with Crippen LogP contribution in [0.4, 0.5) is 5.82 Å². The lowest BCUT2D eigenvalue weighted by Gasteiger charge is -2.18. The highest BCUT2D eigenvalue weighted by molar-refractivity contribution is 5.81. The molecule has 1 heterocycles. The number of rotatable bonds is 5. The van der Waals surface area contributed by atoms with E-state index >= 15 is 0 Å². The van der Waals surface area contributed by atoms with Crippen molar-refractivity contribution >= 4 is 11.7 Å². The van der Waals surface area contributed by atoms with Crippen LogP contribution in [0.15, 0.2) is 12.1 Å². The second-order valence-corrected chi connectivity index (χ2v) is 4.41. The van der Waals surface area contributed by atoms with Gasteiger partial charge in [-0.2, -0.15) is 0 Å². The van der Waals surface area contributed by atoms with Crippen LogP contribution in [0.3, 0.4) is 0 Å². The normalized spacial score (nSPS) is 13.8. The van der Waals surface area contributed by atoms with Crippen LogP contribution in [0.5, 0.6) is 5.75 Å². The van der Waals surface area contributed by atoms with Crippen LogP contribution in [0.2, 0.25) is 0 Å². The molecule has 5 nitrogen and oxygen atoms in total. The molecule has 0 aliphatic carbocycles. The summed E-state index contributed by atoms with van der Waals surface area (Å²) in [5, 5.41) is 2.86. The van der Waals surface area contributed by atoms with Crippen LogP contribution in [0, 0.1) is 6.92 Å². The Bertz CT molecular complexity index is 421. The first-order valence-corrected chi connectivity index (χ1v) is 6.14. The fourth-order valence-electron chi connectivity index (χ4n) is 1.37. The monoisotopic (exact) mass is 251 g/mol. The van der Waals surface area contributed by atoms with Crippen molar-refractivity contribution in [2.45, 2.75) is 46.3 Å². The average molecular weight is 251 g/mol. The molecular weight excluding hydrogens is 230 g/mol. The van der Waals surface area contributed by atoms with Crippen LogP contribution in [0.25, 0.3) is 0 Å². The summed E-state index contributed by atoms with van der Waals surface area (Å²) in [4.78, 5) is 15.9. The molecule has 18 heavy (non-hydrogen) atoms. The van der Waals surface area contributed by atoms with Gasteiger partial charge in [0, 0.05) is 11.7 Å². The van der Waals surface area contributed by atoms with Gasteiger partial charge in [0.25, 0.3) is 5.91 Å². The Kier molecular flexibility index (Phi) is 4.95. The number of amides is 1. The number of carbonyl (C=O) groups is 1. The Morgan fingerprint density at radius 2 is 2.17 bits per heavy atom. The molecule has 0 fully saturated rings. The summed E-state index contributed by atoms with van der Waals surface area (Å²) >= 11 is 0. The van der Waals surface area contributed by atoms with Crippen LogP contribution < -0.4 is 15.8 Å². The smallest absolute Gasteiger partial charge is 0.260 e. The first-order valence-electron chi connectivity index (χ1n) is 6.14. The van der Waals surface area contributed by atoms with E-state index in [4.69, 9.17) is 10.5 Å². The van der Waals surface area contributed by atoms with E-state index in [1.165, 1.54) is 0 Å². The summed E-state index contributed by atoms with van der Waals surface area (Å²) in [5.41, 5.74) is 6.55. The van der Waals surface area contributed by atoms with E-state index in [-0.39, 0.29) is 11.9 Å². The molecule has 0 aliphatic heterocycles. The third-order valence-corrected chi connectivity index (χ3v) is 2.70. The lowest BCUT2D eigenvalue weighted by atomic mass is 10.2. The highest BCUT2D eigenvalue weighted by Gasteiger charge is 2.17. The van der Waals surface area contributed by atoms with Gasteiger partial charge < -0.3 is 15.8 Å². The lowest BCUT2D eigenvalue weighted by Crippen LogP contribution is -2.41. The average Bonchev–Trinajstić information content (AvgIpc) is 2.32. The summed E-state index contributed by atoms with van der Waals surface area (Å²) < 4.78 is 5.51. The molecule has 0 aliphatic rings. The predicted octanol–water partition coefficient (Wildman–Crippen LogP) is 1.65. The number of nitrogens with two attached hydrogens (primary N) is 1. The van der Waals surface area contributed by atoms with Crippen LogP contribution in [-0.4, -0.2) is 23.0 Å². The molecule has 1 aromatic heterocycles. The number of aromatic nitrogens is 1. The van der Waals surface area contributed by atoms with Crippen LogP contribution in [-0.2, 0) is 4.79 Å². The number of pyridine rings is 1. The Balaban J connectivity index is 2.63. The van der Waals surface area contributed by atoms with Crippen molar-refractivity contribution in [3.05, 3.63) is 17.8 Å². The fraction of sp³-hybridized carbons (Fsp3) is 0.538. The Morgan fingerprint density at radius 3 is 2.72 bits per heavy atom. The third kappa shape index (κ3) is 3.91. The quantitative estimate of drug-likeness (QED) is 0.834.